The Balaban J connectivity index is 1.35. The number of halogens is 1. The fourth-order valence-corrected chi connectivity index (χ4v) is 4.65. The highest BCUT2D eigenvalue weighted by molar-refractivity contribution is 5.86. The van der Waals surface area contributed by atoms with Crippen LogP contribution in [0.4, 0.5) is 16.2 Å². The first-order valence-corrected chi connectivity index (χ1v) is 12.0. The van der Waals surface area contributed by atoms with E-state index < -0.39 is 5.82 Å². The standard InChI is InChI=1S/C26H31FN8/c1-17(2)25-20-13-19(6-7-22(20)32-34(25)4)24-21(27)15-29-26(31-24)30-23-8-5-18(14-28-23)16-35-11-9-33(3)10-12-35/h5-8,13-15,17H,9-12,16H2,1-4H3,(H,28,29,30,31). The first-order chi connectivity index (χ1) is 16.9. The van der Waals surface area contributed by atoms with Gasteiger partial charge in [0, 0.05) is 62.6 Å². The molecule has 4 heterocycles. The molecule has 1 aliphatic rings. The molecule has 1 aliphatic heterocycles. The van der Waals surface area contributed by atoms with Crippen molar-refractivity contribution in [2.45, 2.75) is 26.3 Å². The highest BCUT2D eigenvalue weighted by atomic mass is 19.1. The lowest BCUT2D eigenvalue weighted by molar-refractivity contribution is 0.148. The SMILES string of the molecule is CC(C)c1c2cc(-c3nc(Nc4ccc(CN5CCN(C)CC5)cn4)ncc3F)ccc2nn1C. The number of rotatable bonds is 6. The van der Waals surface area contributed by atoms with Gasteiger partial charge in [0.25, 0.3) is 0 Å². The molecule has 0 spiro atoms. The fraction of sp³-hybridized carbons (Fsp3) is 0.385. The van der Waals surface area contributed by atoms with Crippen molar-refractivity contribution < 1.29 is 4.39 Å². The largest absolute Gasteiger partial charge is 0.309 e. The van der Waals surface area contributed by atoms with E-state index in [1.165, 1.54) is 6.20 Å². The van der Waals surface area contributed by atoms with Gasteiger partial charge in [0.1, 0.15) is 11.5 Å². The van der Waals surface area contributed by atoms with E-state index in [4.69, 9.17) is 0 Å². The lowest BCUT2D eigenvalue weighted by Gasteiger charge is -2.32. The number of anilines is 2. The zero-order chi connectivity index (χ0) is 24.5. The third-order valence-electron chi connectivity index (χ3n) is 6.51. The van der Waals surface area contributed by atoms with Gasteiger partial charge in [0.15, 0.2) is 5.82 Å². The van der Waals surface area contributed by atoms with Gasteiger partial charge in [-0.1, -0.05) is 26.0 Å². The summed E-state index contributed by atoms with van der Waals surface area (Å²) in [5, 5.41) is 8.69. The Kier molecular flexibility index (Phi) is 6.44. The van der Waals surface area contributed by atoms with E-state index in [9.17, 15) is 4.39 Å². The van der Waals surface area contributed by atoms with Crippen LogP contribution in [-0.4, -0.2) is 67.8 Å². The monoisotopic (exact) mass is 474 g/mol. The van der Waals surface area contributed by atoms with Gasteiger partial charge in [-0.05, 0) is 36.7 Å². The van der Waals surface area contributed by atoms with E-state index >= 15 is 0 Å². The number of benzene rings is 1. The molecule has 1 fully saturated rings. The minimum Gasteiger partial charge on any atom is -0.309 e. The number of aromatic nitrogens is 5. The van der Waals surface area contributed by atoms with Gasteiger partial charge in [0.05, 0.1) is 11.7 Å². The van der Waals surface area contributed by atoms with Crippen molar-refractivity contribution in [3.63, 3.8) is 0 Å². The average molecular weight is 475 g/mol. The summed E-state index contributed by atoms with van der Waals surface area (Å²) < 4.78 is 16.7. The number of piperazine rings is 1. The van der Waals surface area contributed by atoms with Crippen molar-refractivity contribution >= 4 is 22.7 Å². The summed E-state index contributed by atoms with van der Waals surface area (Å²) in [4.78, 5) is 17.9. The van der Waals surface area contributed by atoms with Gasteiger partial charge in [0.2, 0.25) is 5.95 Å². The molecule has 0 saturated carbocycles. The van der Waals surface area contributed by atoms with E-state index in [0.29, 0.717) is 17.3 Å². The van der Waals surface area contributed by atoms with Crippen LogP contribution in [0.5, 0.6) is 0 Å². The molecule has 182 valence electrons. The van der Waals surface area contributed by atoms with Crippen molar-refractivity contribution in [3.05, 3.63) is 59.8 Å². The van der Waals surface area contributed by atoms with E-state index in [2.05, 4.69) is 62.1 Å². The average Bonchev–Trinajstić information content (AvgIpc) is 3.18. The summed E-state index contributed by atoms with van der Waals surface area (Å²) in [6, 6.07) is 9.68. The zero-order valence-electron chi connectivity index (χ0n) is 20.7. The van der Waals surface area contributed by atoms with Crippen molar-refractivity contribution in [2.24, 2.45) is 7.05 Å². The summed E-state index contributed by atoms with van der Waals surface area (Å²) >= 11 is 0. The highest BCUT2D eigenvalue weighted by Crippen LogP contribution is 2.30. The van der Waals surface area contributed by atoms with Gasteiger partial charge in [-0.25, -0.2) is 19.3 Å². The number of aryl methyl sites for hydroxylation is 1. The Morgan fingerprint density at radius 1 is 1.00 bits per heavy atom. The molecule has 1 N–H and O–H groups in total. The number of fused-ring (bicyclic) bond motifs is 1. The summed E-state index contributed by atoms with van der Waals surface area (Å²) in [6.45, 7) is 9.43. The van der Waals surface area contributed by atoms with Gasteiger partial charge in [-0.2, -0.15) is 5.10 Å². The van der Waals surface area contributed by atoms with Crippen LogP contribution in [-0.2, 0) is 13.6 Å². The molecule has 1 aromatic carbocycles. The second-order valence-corrected chi connectivity index (χ2v) is 9.54. The smallest absolute Gasteiger partial charge is 0.229 e. The van der Waals surface area contributed by atoms with Crippen LogP contribution < -0.4 is 5.32 Å². The molecule has 8 nitrogen and oxygen atoms in total. The molecule has 0 atom stereocenters. The molecule has 0 bridgehead atoms. The van der Waals surface area contributed by atoms with Crippen LogP contribution in [0.1, 0.15) is 31.0 Å². The molecule has 35 heavy (non-hydrogen) atoms. The lowest BCUT2D eigenvalue weighted by Crippen LogP contribution is -2.43. The number of hydrogen-bond donors (Lipinski definition) is 1. The molecule has 0 unspecified atom stereocenters. The van der Waals surface area contributed by atoms with Crippen LogP contribution in [0.25, 0.3) is 22.2 Å². The van der Waals surface area contributed by atoms with Crippen molar-refractivity contribution in [2.75, 3.05) is 38.5 Å². The normalized spacial score (nSPS) is 15.3. The number of nitrogens with one attached hydrogen (secondary N) is 1. The molecule has 9 heteroatoms. The maximum atomic E-state index is 14.8. The second kappa shape index (κ2) is 9.67. The molecule has 0 amide bonds. The first kappa shape index (κ1) is 23.3. The van der Waals surface area contributed by atoms with E-state index in [-0.39, 0.29) is 11.6 Å². The van der Waals surface area contributed by atoms with Crippen LogP contribution in [0.2, 0.25) is 0 Å². The molecule has 4 aromatic rings. The summed E-state index contributed by atoms with van der Waals surface area (Å²) in [5.41, 5.74) is 4.08. The van der Waals surface area contributed by atoms with Crippen molar-refractivity contribution in [1.82, 2.24) is 34.5 Å². The third-order valence-corrected chi connectivity index (χ3v) is 6.51. The van der Waals surface area contributed by atoms with Gasteiger partial charge < -0.3 is 10.2 Å². The fourth-order valence-electron chi connectivity index (χ4n) is 4.65. The molecule has 3 aromatic heterocycles. The Labute approximate surface area is 204 Å². The minimum absolute atomic E-state index is 0.245. The quantitative estimate of drug-likeness (QED) is 0.449. The van der Waals surface area contributed by atoms with E-state index in [1.807, 2.05) is 42.2 Å². The number of hydrogen-bond acceptors (Lipinski definition) is 7. The Morgan fingerprint density at radius 3 is 2.51 bits per heavy atom. The van der Waals surface area contributed by atoms with Crippen LogP contribution in [0.3, 0.4) is 0 Å². The highest BCUT2D eigenvalue weighted by Gasteiger charge is 2.17. The number of nitrogens with zero attached hydrogens (tertiary/aromatic N) is 7. The predicted octanol–water partition coefficient (Wildman–Crippen LogP) is 4.18. The number of pyridine rings is 1. The van der Waals surface area contributed by atoms with Crippen LogP contribution >= 0.6 is 0 Å². The van der Waals surface area contributed by atoms with Crippen LogP contribution in [0, 0.1) is 5.82 Å². The maximum Gasteiger partial charge on any atom is 0.229 e. The lowest BCUT2D eigenvalue weighted by atomic mass is 10.0. The Bertz CT molecular complexity index is 1320. The summed E-state index contributed by atoms with van der Waals surface area (Å²) in [6.07, 6.45) is 3.07. The Morgan fingerprint density at radius 2 is 1.80 bits per heavy atom. The minimum atomic E-state index is -0.472. The molecule has 0 aliphatic carbocycles. The predicted molar refractivity (Wildman–Crippen MR) is 136 cm³/mol. The zero-order valence-corrected chi connectivity index (χ0v) is 20.7. The third kappa shape index (κ3) is 5.01. The molecule has 1 saturated heterocycles. The number of likely N-dealkylation sites (N-methyl/N-ethyl adjacent to an activating group) is 1. The van der Waals surface area contributed by atoms with Crippen molar-refractivity contribution in [1.29, 1.82) is 0 Å². The molecule has 5 rings (SSSR count). The van der Waals surface area contributed by atoms with E-state index in [1.54, 1.807) is 0 Å². The molecule has 0 radical (unpaired) electrons. The second-order valence-electron chi connectivity index (χ2n) is 9.54. The van der Waals surface area contributed by atoms with Gasteiger partial charge >= 0.3 is 0 Å². The van der Waals surface area contributed by atoms with Crippen molar-refractivity contribution in [3.8, 4) is 11.3 Å². The first-order valence-electron chi connectivity index (χ1n) is 12.0. The summed E-state index contributed by atoms with van der Waals surface area (Å²) in [5.74, 6) is 0.740. The molecular formula is C26H31FN8. The van der Waals surface area contributed by atoms with Gasteiger partial charge in [-0.3, -0.25) is 9.58 Å². The van der Waals surface area contributed by atoms with E-state index in [0.717, 1.165) is 54.9 Å². The topological polar surface area (TPSA) is 75.0 Å². The Hall–Kier alpha value is -3.43. The maximum absolute atomic E-state index is 14.8. The van der Waals surface area contributed by atoms with Gasteiger partial charge in [-0.15, -0.1) is 0 Å². The van der Waals surface area contributed by atoms with Crippen LogP contribution in [0.15, 0.2) is 42.7 Å². The molecular weight excluding hydrogens is 443 g/mol. The summed E-state index contributed by atoms with van der Waals surface area (Å²) in [7, 11) is 4.09.